The zero-order valence-electron chi connectivity index (χ0n) is 16.1. The number of hydrogen-bond donors (Lipinski definition) is 1. The third kappa shape index (κ3) is 4.97. The first kappa shape index (κ1) is 21.2. The summed E-state index contributed by atoms with van der Waals surface area (Å²) in [6.45, 7) is 6.11. The van der Waals surface area contributed by atoms with Crippen LogP contribution < -0.4 is 5.32 Å². The summed E-state index contributed by atoms with van der Waals surface area (Å²) in [6.07, 6.45) is 5.80. The highest BCUT2D eigenvalue weighted by atomic mass is 19.1. The van der Waals surface area contributed by atoms with Crippen molar-refractivity contribution in [2.45, 2.75) is 38.0 Å². The Balaban J connectivity index is 2.30. The summed E-state index contributed by atoms with van der Waals surface area (Å²) in [7, 11) is 2.83. The van der Waals surface area contributed by atoms with Crippen LogP contribution in [0.4, 0.5) is 4.39 Å². The number of nitrogens with zero attached hydrogens (tertiary/aromatic N) is 1. The molecule has 1 aromatic heterocycles. The number of nitrogens with one attached hydrogen (secondary N) is 1. The van der Waals surface area contributed by atoms with Gasteiger partial charge in [0.1, 0.15) is 5.83 Å². The number of rotatable bonds is 10. The number of ether oxygens (including phenoxy) is 2. The average molecular weight is 374 g/mol. The van der Waals surface area contributed by atoms with Gasteiger partial charge in [0.15, 0.2) is 6.29 Å². The number of carbonyl (C=O) groups excluding carboxylic acids is 1. The first-order valence-corrected chi connectivity index (χ1v) is 8.97. The van der Waals surface area contributed by atoms with Gasteiger partial charge in [-0.25, -0.2) is 4.39 Å². The molecule has 0 radical (unpaired) electrons. The first-order valence-electron chi connectivity index (χ1n) is 8.97. The van der Waals surface area contributed by atoms with E-state index in [1.54, 1.807) is 12.3 Å². The molecule has 1 aliphatic carbocycles. The van der Waals surface area contributed by atoms with E-state index >= 15 is 0 Å². The van der Waals surface area contributed by atoms with E-state index in [2.05, 4.69) is 23.8 Å². The lowest BCUT2D eigenvalue weighted by Crippen LogP contribution is -2.46. The highest BCUT2D eigenvalue weighted by Crippen LogP contribution is 2.36. The maximum Gasteiger partial charge on any atom is 0.238 e. The minimum Gasteiger partial charge on any atom is -0.346 e. The van der Waals surface area contributed by atoms with Crippen LogP contribution in [0, 0.1) is 0 Å². The van der Waals surface area contributed by atoms with Crippen LogP contribution in [0.15, 0.2) is 59.6 Å². The van der Waals surface area contributed by atoms with Crippen LogP contribution in [-0.4, -0.2) is 37.8 Å². The zero-order valence-corrected chi connectivity index (χ0v) is 16.1. The summed E-state index contributed by atoms with van der Waals surface area (Å²) in [6, 6.07) is 5.36. The normalized spacial score (nSPS) is 16.3. The van der Waals surface area contributed by atoms with Gasteiger partial charge >= 0.3 is 0 Å². The molecule has 1 heterocycles. The lowest BCUT2D eigenvalue weighted by atomic mass is 9.86. The van der Waals surface area contributed by atoms with Crippen molar-refractivity contribution in [3.63, 3.8) is 0 Å². The number of methoxy groups -OCH3 is 2. The van der Waals surface area contributed by atoms with Crippen LogP contribution in [0.2, 0.25) is 0 Å². The minimum absolute atomic E-state index is 0.129. The number of aldehydes is 1. The molecule has 0 aliphatic heterocycles. The van der Waals surface area contributed by atoms with Gasteiger partial charge in [-0.15, -0.1) is 0 Å². The van der Waals surface area contributed by atoms with Crippen LogP contribution in [0.3, 0.4) is 0 Å². The van der Waals surface area contributed by atoms with Crippen molar-refractivity contribution >= 4 is 6.29 Å². The highest BCUT2D eigenvalue weighted by Gasteiger charge is 2.31. The topological polar surface area (TPSA) is 60.5 Å². The number of pyridine rings is 1. The first-order chi connectivity index (χ1) is 13.0. The van der Waals surface area contributed by atoms with Crippen molar-refractivity contribution in [2.24, 2.45) is 0 Å². The second kappa shape index (κ2) is 9.69. The molecule has 0 fully saturated rings. The molecule has 0 aromatic carbocycles. The fourth-order valence-electron chi connectivity index (χ4n) is 3.14. The summed E-state index contributed by atoms with van der Waals surface area (Å²) in [5.41, 5.74) is 3.26. The molecular formula is C21H27FN2O3. The van der Waals surface area contributed by atoms with Crippen molar-refractivity contribution in [1.29, 1.82) is 0 Å². The van der Waals surface area contributed by atoms with Gasteiger partial charge in [-0.2, -0.15) is 0 Å². The summed E-state index contributed by atoms with van der Waals surface area (Å²) >= 11 is 0. The van der Waals surface area contributed by atoms with E-state index in [-0.39, 0.29) is 18.4 Å². The smallest absolute Gasteiger partial charge is 0.238 e. The molecule has 5 nitrogen and oxygen atoms in total. The van der Waals surface area contributed by atoms with E-state index in [4.69, 9.17) is 9.47 Å². The van der Waals surface area contributed by atoms with Crippen LogP contribution in [0.1, 0.15) is 37.9 Å². The van der Waals surface area contributed by atoms with Crippen LogP contribution in [-0.2, 0) is 14.3 Å². The van der Waals surface area contributed by atoms with Gasteiger partial charge in [0.05, 0.1) is 18.3 Å². The predicted octanol–water partition coefficient (Wildman–Crippen LogP) is 3.81. The van der Waals surface area contributed by atoms with Crippen molar-refractivity contribution < 1.29 is 18.7 Å². The van der Waals surface area contributed by atoms with E-state index in [1.807, 2.05) is 18.2 Å². The van der Waals surface area contributed by atoms with Gasteiger partial charge in [0.25, 0.3) is 0 Å². The summed E-state index contributed by atoms with van der Waals surface area (Å²) in [5, 5.41) is 3.30. The van der Waals surface area contributed by atoms with Gasteiger partial charge in [-0.05, 0) is 43.0 Å². The third-order valence-electron chi connectivity index (χ3n) is 4.95. The predicted molar refractivity (Wildman–Crippen MR) is 103 cm³/mol. The van der Waals surface area contributed by atoms with Gasteiger partial charge in [0.2, 0.25) is 5.79 Å². The largest absolute Gasteiger partial charge is 0.346 e. The van der Waals surface area contributed by atoms with Crippen LogP contribution in [0.5, 0.6) is 0 Å². The molecule has 0 amide bonds. The Hall–Kier alpha value is -2.15. The Morgan fingerprint density at radius 3 is 2.70 bits per heavy atom. The standard InChI is InChI=1S/C21H27FN2O3/c1-5-16-9-10-18(22)15(2)17(16)12-20(19-8-6-7-11-23-19)24-13-21(14-25,26-3)27-4/h6-8,10-11,14,20,24H,2,5,9,12-13H2,1,3-4H3. The number of aromatic nitrogens is 1. The van der Waals surface area contributed by atoms with Crippen LogP contribution in [0.25, 0.3) is 0 Å². The van der Waals surface area contributed by atoms with Crippen molar-refractivity contribution in [3.05, 3.63) is 65.3 Å². The summed E-state index contributed by atoms with van der Waals surface area (Å²) in [5.74, 6) is -1.66. The van der Waals surface area contributed by atoms with Crippen molar-refractivity contribution in [2.75, 3.05) is 20.8 Å². The Kier molecular flexibility index (Phi) is 7.59. The fourth-order valence-corrected chi connectivity index (χ4v) is 3.14. The molecular weight excluding hydrogens is 347 g/mol. The van der Waals surface area contributed by atoms with Gasteiger partial charge < -0.3 is 14.8 Å². The minimum atomic E-state index is -1.39. The Labute approximate surface area is 160 Å². The second-order valence-electron chi connectivity index (χ2n) is 6.40. The van der Waals surface area contributed by atoms with Gasteiger partial charge in [-0.1, -0.05) is 25.1 Å². The van der Waals surface area contributed by atoms with Gasteiger partial charge in [0, 0.05) is 26.0 Å². The summed E-state index contributed by atoms with van der Waals surface area (Å²) in [4.78, 5) is 15.9. The average Bonchev–Trinajstić information content (AvgIpc) is 2.72. The Morgan fingerprint density at radius 1 is 1.41 bits per heavy atom. The second-order valence-corrected chi connectivity index (χ2v) is 6.40. The molecule has 1 N–H and O–H groups in total. The van der Waals surface area contributed by atoms with E-state index in [1.165, 1.54) is 14.2 Å². The molecule has 1 atom stereocenters. The molecule has 1 aromatic rings. The van der Waals surface area contributed by atoms with E-state index in [9.17, 15) is 9.18 Å². The molecule has 1 aliphatic rings. The molecule has 0 saturated carbocycles. The lowest BCUT2D eigenvalue weighted by Gasteiger charge is -2.29. The number of halogens is 1. The zero-order chi connectivity index (χ0) is 19.9. The number of carbonyl (C=O) groups is 1. The monoisotopic (exact) mass is 374 g/mol. The van der Waals surface area contributed by atoms with Crippen molar-refractivity contribution in [1.82, 2.24) is 10.3 Å². The van der Waals surface area contributed by atoms with E-state index in [0.29, 0.717) is 24.7 Å². The molecule has 2 rings (SSSR count). The SMILES string of the molecule is C=C1C(F)=CCC(CC)=C1CC(NCC(C=O)(OC)OC)c1ccccn1. The molecule has 1 unspecified atom stereocenters. The fraction of sp³-hybridized carbons (Fsp3) is 0.429. The van der Waals surface area contributed by atoms with Crippen LogP contribution >= 0.6 is 0 Å². The van der Waals surface area contributed by atoms with E-state index in [0.717, 1.165) is 23.3 Å². The molecule has 0 bridgehead atoms. The molecule has 0 saturated heterocycles. The Morgan fingerprint density at radius 2 is 2.15 bits per heavy atom. The Bertz CT molecular complexity index is 724. The maximum absolute atomic E-state index is 14.1. The molecule has 0 spiro atoms. The molecule has 146 valence electrons. The molecule has 27 heavy (non-hydrogen) atoms. The lowest BCUT2D eigenvalue weighted by molar-refractivity contribution is -0.193. The van der Waals surface area contributed by atoms with Crippen molar-refractivity contribution in [3.8, 4) is 0 Å². The quantitative estimate of drug-likeness (QED) is 0.498. The maximum atomic E-state index is 14.1. The third-order valence-corrected chi connectivity index (χ3v) is 4.95. The highest BCUT2D eigenvalue weighted by molar-refractivity contribution is 5.60. The van der Waals surface area contributed by atoms with Gasteiger partial charge in [-0.3, -0.25) is 9.78 Å². The number of allylic oxidation sites excluding steroid dienone is 4. The van der Waals surface area contributed by atoms with E-state index < -0.39 is 5.79 Å². The molecule has 6 heteroatoms. The summed E-state index contributed by atoms with van der Waals surface area (Å²) < 4.78 is 24.6. The number of hydrogen-bond acceptors (Lipinski definition) is 5.